The summed E-state index contributed by atoms with van der Waals surface area (Å²) in [6, 6.07) is 3.48. The number of ether oxygens (including phenoxy) is 3. The first-order chi connectivity index (χ1) is 11.5. The molecule has 132 valence electrons. The normalized spacial score (nSPS) is 19.6. The zero-order valence-electron chi connectivity index (χ0n) is 12.9. The van der Waals surface area contributed by atoms with E-state index in [2.05, 4.69) is 4.90 Å². The van der Waals surface area contributed by atoms with E-state index < -0.39 is 5.79 Å². The molecule has 2 saturated heterocycles. The topological polar surface area (TPSA) is 30.9 Å². The summed E-state index contributed by atoms with van der Waals surface area (Å²) in [4.78, 5) is 2.15. The molecule has 2 aliphatic heterocycles. The maximum atomic E-state index is 6.42. The predicted octanol–water partition coefficient (Wildman–Crippen LogP) is 5.03. The summed E-state index contributed by atoms with van der Waals surface area (Å²) in [6.45, 7) is 3.10. The van der Waals surface area contributed by atoms with Crippen LogP contribution in [0.5, 0.6) is 5.75 Å². The van der Waals surface area contributed by atoms with E-state index in [-0.39, 0.29) is 11.1 Å². The number of nitrogens with zero attached hydrogens (tertiary/aromatic N) is 1. The summed E-state index contributed by atoms with van der Waals surface area (Å²) in [5.41, 5.74) is 0.810. The first kappa shape index (κ1) is 18.4. The fourth-order valence-electron chi connectivity index (χ4n) is 2.99. The Labute approximate surface area is 161 Å². The highest BCUT2D eigenvalue weighted by molar-refractivity contribution is 6.55. The largest absolute Gasteiger partial charge is 0.489 e. The molecule has 3 rings (SSSR count). The lowest BCUT2D eigenvalue weighted by molar-refractivity contribution is -0.169. The monoisotopic (exact) mass is 411 g/mol. The van der Waals surface area contributed by atoms with Gasteiger partial charge in [0.1, 0.15) is 16.8 Å². The van der Waals surface area contributed by atoms with Crippen LogP contribution in [0, 0.1) is 0 Å². The third-order valence-corrected chi connectivity index (χ3v) is 5.02. The second-order valence-electron chi connectivity index (χ2n) is 5.63. The highest BCUT2D eigenvalue weighted by Crippen LogP contribution is 2.41. The molecule has 1 spiro atoms. The van der Waals surface area contributed by atoms with Gasteiger partial charge in [-0.2, -0.15) is 0 Å². The van der Waals surface area contributed by atoms with Crippen molar-refractivity contribution in [2.45, 2.75) is 18.6 Å². The molecular formula is C16H17Cl4NO3. The number of hydrogen-bond donors (Lipinski definition) is 0. The van der Waals surface area contributed by atoms with E-state index in [1.807, 2.05) is 0 Å². The van der Waals surface area contributed by atoms with Crippen LogP contribution in [0.4, 0.5) is 5.69 Å². The fourth-order valence-corrected chi connectivity index (χ4v) is 3.82. The lowest BCUT2D eigenvalue weighted by Gasteiger charge is -2.39. The maximum absolute atomic E-state index is 6.42. The fraction of sp³-hybridized carbons (Fsp3) is 0.500. The predicted molar refractivity (Wildman–Crippen MR) is 97.8 cm³/mol. The molecule has 1 aromatic carbocycles. The number of benzene rings is 1. The maximum Gasteiger partial charge on any atom is 0.171 e. The Morgan fingerprint density at radius 3 is 2.25 bits per heavy atom. The Bertz CT molecular complexity index is 595. The van der Waals surface area contributed by atoms with Crippen molar-refractivity contribution in [2.75, 3.05) is 37.8 Å². The first-order valence-electron chi connectivity index (χ1n) is 7.65. The molecule has 1 aromatic rings. The van der Waals surface area contributed by atoms with Gasteiger partial charge in [0.2, 0.25) is 0 Å². The lowest BCUT2D eigenvalue weighted by Crippen LogP contribution is -2.45. The van der Waals surface area contributed by atoms with Crippen LogP contribution >= 0.6 is 46.4 Å². The minimum absolute atomic E-state index is 0.155. The molecule has 0 saturated carbocycles. The Balaban J connectivity index is 1.69. The van der Waals surface area contributed by atoms with Gasteiger partial charge in [-0.25, -0.2) is 0 Å². The average molecular weight is 413 g/mol. The third kappa shape index (κ3) is 4.24. The summed E-state index contributed by atoms with van der Waals surface area (Å²) < 4.78 is 17.2. The summed E-state index contributed by atoms with van der Waals surface area (Å²) in [5.74, 6) is 0.140. The zero-order valence-corrected chi connectivity index (χ0v) is 15.9. The number of anilines is 1. The zero-order chi connectivity index (χ0) is 17.2. The highest BCUT2D eigenvalue weighted by atomic mass is 35.5. The van der Waals surface area contributed by atoms with Crippen LogP contribution in [-0.2, 0) is 9.47 Å². The lowest BCUT2D eigenvalue weighted by atomic mass is 10.0. The number of rotatable bonds is 4. The SMILES string of the molecule is ClC(Cl)=CCOc1cc(Cl)c(N2CCC3(CC2)OCCO3)c(Cl)c1. The third-order valence-electron chi connectivity index (χ3n) is 4.13. The van der Waals surface area contributed by atoms with Crippen molar-refractivity contribution in [1.29, 1.82) is 0 Å². The van der Waals surface area contributed by atoms with E-state index >= 15 is 0 Å². The van der Waals surface area contributed by atoms with Gasteiger partial charge in [-0.3, -0.25) is 0 Å². The first-order valence-corrected chi connectivity index (χ1v) is 9.16. The second kappa shape index (κ2) is 7.90. The van der Waals surface area contributed by atoms with E-state index in [0.717, 1.165) is 31.6 Å². The van der Waals surface area contributed by atoms with Gasteiger partial charge >= 0.3 is 0 Å². The Morgan fingerprint density at radius 1 is 1.12 bits per heavy atom. The number of halogens is 4. The van der Waals surface area contributed by atoms with E-state index in [4.69, 9.17) is 60.6 Å². The van der Waals surface area contributed by atoms with Crippen LogP contribution < -0.4 is 9.64 Å². The van der Waals surface area contributed by atoms with Crippen LogP contribution in [-0.4, -0.2) is 38.7 Å². The van der Waals surface area contributed by atoms with Crippen LogP contribution in [0.15, 0.2) is 22.7 Å². The van der Waals surface area contributed by atoms with E-state index in [9.17, 15) is 0 Å². The number of piperidine rings is 1. The van der Waals surface area contributed by atoms with Crippen LogP contribution in [0.3, 0.4) is 0 Å². The molecule has 0 amide bonds. The van der Waals surface area contributed by atoms with Crippen LogP contribution in [0.2, 0.25) is 10.0 Å². The van der Waals surface area contributed by atoms with Gasteiger partial charge in [-0.15, -0.1) is 0 Å². The van der Waals surface area contributed by atoms with Crippen molar-refractivity contribution in [3.05, 3.63) is 32.7 Å². The number of hydrogen-bond acceptors (Lipinski definition) is 4. The van der Waals surface area contributed by atoms with Crippen molar-refractivity contribution in [3.8, 4) is 5.75 Å². The molecule has 2 fully saturated rings. The van der Waals surface area contributed by atoms with Gasteiger partial charge in [0.15, 0.2) is 5.79 Å². The molecule has 2 heterocycles. The summed E-state index contributed by atoms with van der Waals surface area (Å²) in [7, 11) is 0. The smallest absolute Gasteiger partial charge is 0.171 e. The summed E-state index contributed by atoms with van der Waals surface area (Å²) in [6.07, 6.45) is 3.12. The minimum atomic E-state index is -0.425. The van der Waals surface area contributed by atoms with Crippen molar-refractivity contribution in [3.63, 3.8) is 0 Å². The van der Waals surface area contributed by atoms with Gasteiger partial charge in [0.05, 0.1) is 28.9 Å². The minimum Gasteiger partial charge on any atom is -0.489 e. The Kier molecular flexibility index (Phi) is 6.07. The van der Waals surface area contributed by atoms with E-state index in [0.29, 0.717) is 29.0 Å². The quantitative estimate of drug-likeness (QED) is 0.693. The van der Waals surface area contributed by atoms with Gasteiger partial charge in [-0.05, 0) is 6.08 Å². The molecule has 0 bridgehead atoms. The molecule has 2 aliphatic rings. The molecule has 0 radical (unpaired) electrons. The van der Waals surface area contributed by atoms with Gasteiger partial charge < -0.3 is 19.1 Å². The van der Waals surface area contributed by atoms with Crippen LogP contribution in [0.1, 0.15) is 12.8 Å². The van der Waals surface area contributed by atoms with Crippen molar-refractivity contribution < 1.29 is 14.2 Å². The van der Waals surface area contributed by atoms with Crippen LogP contribution in [0.25, 0.3) is 0 Å². The van der Waals surface area contributed by atoms with Crippen molar-refractivity contribution in [1.82, 2.24) is 0 Å². The molecule has 0 atom stereocenters. The molecule has 4 nitrogen and oxygen atoms in total. The average Bonchev–Trinajstić information content (AvgIpc) is 2.97. The molecule has 0 N–H and O–H groups in total. The molecule has 24 heavy (non-hydrogen) atoms. The summed E-state index contributed by atoms with van der Waals surface area (Å²) in [5, 5.41) is 1.09. The molecule has 0 aromatic heterocycles. The molecule has 0 unspecified atom stereocenters. The van der Waals surface area contributed by atoms with Gasteiger partial charge in [0, 0.05) is 38.1 Å². The Hall–Kier alpha value is -0.360. The van der Waals surface area contributed by atoms with E-state index in [1.165, 1.54) is 0 Å². The molecule has 0 aliphatic carbocycles. The van der Waals surface area contributed by atoms with Gasteiger partial charge in [-0.1, -0.05) is 46.4 Å². The molecular weight excluding hydrogens is 396 g/mol. The van der Waals surface area contributed by atoms with Crippen molar-refractivity contribution in [2.24, 2.45) is 0 Å². The van der Waals surface area contributed by atoms with Crippen molar-refractivity contribution >= 4 is 52.1 Å². The molecule has 8 heteroatoms. The van der Waals surface area contributed by atoms with Gasteiger partial charge in [0.25, 0.3) is 0 Å². The Morgan fingerprint density at radius 2 is 1.71 bits per heavy atom. The summed E-state index contributed by atoms with van der Waals surface area (Å²) >= 11 is 24.0. The standard InChI is InChI=1S/C16H17Cl4NO3/c17-12-9-11(22-6-1-14(19)20)10-13(18)15(12)21-4-2-16(3-5-21)23-7-8-24-16/h1,9-10H,2-8H2. The highest BCUT2D eigenvalue weighted by Gasteiger charge is 2.40. The second-order valence-corrected chi connectivity index (χ2v) is 7.46. The van der Waals surface area contributed by atoms with E-state index in [1.54, 1.807) is 18.2 Å².